The number of hydrogen-bond donors (Lipinski definition) is 0. The summed E-state index contributed by atoms with van der Waals surface area (Å²) in [4.78, 5) is 0. The van der Waals surface area contributed by atoms with E-state index in [1.807, 2.05) is 18.2 Å². The summed E-state index contributed by atoms with van der Waals surface area (Å²) in [6.07, 6.45) is 1.25. The number of rotatable bonds is 7. The average molecular weight is 448 g/mol. The Kier molecular flexibility index (Phi) is 6.96. The minimum absolute atomic E-state index is 0.330. The molecule has 170 valence electrons. The van der Waals surface area contributed by atoms with E-state index in [-0.39, 0.29) is 5.82 Å². The quantitative estimate of drug-likeness (QED) is 0.382. The standard InChI is InChI=1S/C25H24F4O3/c1-2-15-13-30-24(31-14-15)19-8-9-20-18(12-19)7-6-17(23(20)27)5-3-16-4-10-22(21(26)11-16)32-25(28)29/h4,6-12,15,24-25H,2-3,5,13-14H2,1H3. The minimum Gasteiger partial charge on any atom is -0.432 e. The lowest BCUT2D eigenvalue weighted by atomic mass is 9.98. The van der Waals surface area contributed by atoms with Crippen molar-refractivity contribution in [2.24, 2.45) is 5.92 Å². The molecule has 1 aliphatic heterocycles. The van der Waals surface area contributed by atoms with Gasteiger partial charge in [-0.15, -0.1) is 0 Å². The molecule has 0 aliphatic carbocycles. The third-order valence-corrected chi connectivity index (χ3v) is 5.77. The number of alkyl halides is 2. The highest BCUT2D eigenvalue weighted by atomic mass is 19.3. The molecular formula is C25H24F4O3. The van der Waals surface area contributed by atoms with Gasteiger partial charge in [0, 0.05) is 16.9 Å². The number of hydrogen-bond acceptors (Lipinski definition) is 3. The van der Waals surface area contributed by atoms with E-state index in [4.69, 9.17) is 9.47 Å². The van der Waals surface area contributed by atoms with Crippen LogP contribution < -0.4 is 4.74 Å². The van der Waals surface area contributed by atoms with Gasteiger partial charge in [0.05, 0.1) is 13.2 Å². The van der Waals surface area contributed by atoms with Gasteiger partial charge < -0.3 is 14.2 Å². The van der Waals surface area contributed by atoms with Crippen LogP contribution in [0.15, 0.2) is 48.5 Å². The maximum atomic E-state index is 15.1. The van der Waals surface area contributed by atoms with Gasteiger partial charge in [0.25, 0.3) is 0 Å². The fourth-order valence-corrected chi connectivity index (χ4v) is 3.84. The second-order valence-corrected chi connectivity index (χ2v) is 7.94. The number of benzene rings is 3. The van der Waals surface area contributed by atoms with Gasteiger partial charge in [0.2, 0.25) is 0 Å². The van der Waals surface area contributed by atoms with Crippen molar-refractivity contribution < 1.29 is 31.8 Å². The smallest absolute Gasteiger partial charge is 0.387 e. The first-order valence-electron chi connectivity index (χ1n) is 10.6. The summed E-state index contributed by atoms with van der Waals surface area (Å²) in [6.45, 7) is 0.290. The molecule has 0 saturated carbocycles. The Bertz CT molecular complexity index is 1080. The molecule has 0 radical (unpaired) electrons. The van der Waals surface area contributed by atoms with Gasteiger partial charge in [0.1, 0.15) is 5.82 Å². The van der Waals surface area contributed by atoms with Gasteiger partial charge >= 0.3 is 6.61 Å². The van der Waals surface area contributed by atoms with Gasteiger partial charge in [-0.1, -0.05) is 37.3 Å². The summed E-state index contributed by atoms with van der Waals surface area (Å²) in [5.74, 6) is -1.31. The zero-order chi connectivity index (χ0) is 22.7. The van der Waals surface area contributed by atoms with Crippen molar-refractivity contribution in [2.75, 3.05) is 13.2 Å². The normalized spacial score (nSPS) is 18.9. The van der Waals surface area contributed by atoms with Crippen LogP contribution in [0.4, 0.5) is 17.6 Å². The number of halogens is 4. The SMILES string of the molecule is CCC1COC(c2ccc3c(F)c(CCc4ccc(OC(F)F)c(F)c4)ccc3c2)OC1. The second-order valence-electron chi connectivity index (χ2n) is 7.94. The molecule has 0 aromatic heterocycles. The highest BCUT2D eigenvalue weighted by molar-refractivity contribution is 5.84. The molecule has 0 atom stereocenters. The van der Waals surface area contributed by atoms with Crippen LogP contribution in [0.5, 0.6) is 5.75 Å². The van der Waals surface area contributed by atoms with Crippen molar-refractivity contribution in [3.63, 3.8) is 0 Å². The predicted molar refractivity (Wildman–Crippen MR) is 113 cm³/mol. The maximum Gasteiger partial charge on any atom is 0.387 e. The third-order valence-electron chi connectivity index (χ3n) is 5.77. The molecule has 7 heteroatoms. The zero-order valence-corrected chi connectivity index (χ0v) is 17.6. The fourth-order valence-electron chi connectivity index (χ4n) is 3.84. The summed E-state index contributed by atoms with van der Waals surface area (Å²) in [7, 11) is 0. The Hall–Kier alpha value is -2.64. The van der Waals surface area contributed by atoms with E-state index in [1.54, 1.807) is 12.1 Å². The molecule has 32 heavy (non-hydrogen) atoms. The number of fused-ring (bicyclic) bond motifs is 1. The monoisotopic (exact) mass is 448 g/mol. The van der Waals surface area contributed by atoms with Crippen molar-refractivity contribution in [2.45, 2.75) is 39.1 Å². The first-order chi connectivity index (χ1) is 15.4. The Morgan fingerprint density at radius 2 is 1.75 bits per heavy atom. The third kappa shape index (κ3) is 5.05. The van der Waals surface area contributed by atoms with E-state index in [2.05, 4.69) is 11.7 Å². The van der Waals surface area contributed by atoms with E-state index in [0.29, 0.717) is 48.5 Å². The minimum atomic E-state index is -3.09. The molecule has 0 bridgehead atoms. The first-order valence-corrected chi connectivity index (χ1v) is 10.6. The van der Waals surface area contributed by atoms with E-state index >= 15 is 4.39 Å². The molecular weight excluding hydrogens is 424 g/mol. The molecule has 1 fully saturated rings. The highest BCUT2D eigenvalue weighted by Crippen LogP contribution is 2.30. The molecule has 1 aliphatic rings. The topological polar surface area (TPSA) is 27.7 Å². The summed E-state index contributed by atoms with van der Waals surface area (Å²) in [5, 5.41) is 1.23. The van der Waals surface area contributed by atoms with Gasteiger partial charge in [-0.3, -0.25) is 0 Å². The summed E-state index contributed by atoms with van der Waals surface area (Å²) in [5.41, 5.74) is 1.91. The van der Waals surface area contributed by atoms with Gasteiger partial charge in [-0.05, 0) is 54.0 Å². The van der Waals surface area contributed by atoms with E-state index in [0.717, 1.165) is 29.5 Å². The van der Waals surface area contributed by atoms with Gasteiger partial charge in [-0.25, -0.2) is 8.78 Å². The molecule has 1 heterocycles. The van der Waals surface area contributed by atoms with E-state index < -0.39 is 24.5 Å². The fraction of sp³-hybridized carbons (Fsp3) is 0.360. The van der Waals surface area contributed by atoms with E-state index in [9.17, 15) is 13.2 Å². The molecule has 3 aromatic rings. The van der Waals surface area contributed by atoms with Gasteiger partial charge in [-0.2, -0.15) is 8.78 Å². The zero-order valence-electron chi connectivity index (χ0n) is 17.6. The van der Waals surface area contributed by atoms with Crippen molar-refractivity contribution in [1.29, 1.82) is 0 Å². The molecule has 3 nitrogen and oxygen atoms in total. The van der Waals surface area contributed by atoms with Crippen molar-refractivity contribution in [3.05, 3.63) is 76.9 Å². The highest BCUT2D eigenvalue weighted by Gasteiger charge is 2.23. The van der Waals surface area contributed by atoms with Crippen LogP contribution in [-0.4, -0.2) is 19.8 Å². The predicted octanol–water partition coefficient (Wildman–Crippen LogP) is 6.58. The van der Waals surface area contributed by atoms with E-state index in [1.165, 1.54) is 6.07 Å². The largest absolute Gasteiger partial charge is 0.432 e. The van der Waals surface area contributed by atoms with Crippen molar-refractivity contribution >= 4 is 10.8 Å². The molecule has 3 aromatic carbocycles. The summed E-state index contributed by atoms with van der Waals surface area (Å²) < 4.78 is 69.2. The van der Waals surface area contributed by atoms with Crippen molar-refractivity contribution in [1.82, 2.24) is 0 Å². The molecule has 4 rings (SSSR count). The Labute approximate surface area is 183 Å². The molecule has 1 saturated heterocycles. The van der Waals surface area contributed by atoms with Crippen LogP contribution in [0.1, 0.15) is 36.3 Å². The Morgan fingerprint density at radius 1 is 0.969 bits per heavy atom. The lowest BCUT2D eigenvalue weighted by molar-refractivity contribution is -0.205. The van der Waals surface area contributed by atoms with Crippen LogP contribution in [0.3, 0.4) is 0 Å². The van der Waals surface area contributed by atoms with Crippen LogP contribution in [0.25, 0.3) is 10.8 Å². The summed E-state index contributed by atoms with van der Waals surface area (Å²) >= 11 is 0. The molecule has 0 spiro atoms. The summed E-state index contributed by atoms with van der Waals surface area (Å²) in [6, 6.07) is 12.7. The lowest BCUT2D eigenvalue weighted by Gasteiger charge is -2.29. The molecule has 0 unspecified atom stereocenters. The van der Waals surface area contributed by atoms with Crippen LogP contribution in [0, 0.1) is 17.6 Å². The number of aryl methyl sites for hydroxylation is 2. The Balaban J connectivity index is 1.46. The van der Waals surface area contributed by atoms with Gasteiger partial charge in [0.15, 0.2) is 17.9 Å². The lowest BCUT2D eigenvalue weighted by Crippen LogP contribution is -2.26. The Morgan fingerprint density at radius 3 is 2.44 bits per heavy atom. The molecule has 0 N–H and O–H groups in total. The van der Waals surface area contributed by atoms with Crippen LogP contribution in [-0.2, 0) is 22.3 Å². The maximum absolute atomic E-state index is 15.1. The first kappa shape index (κ1) is 22.6. The molecule has 0 amide bonds. The second kappa shape index (κ2) is 9.88. The average Bonchev–Trinajstić information content (AvgIpc) is 2.80. The van der Waals surface area contributed by atoms with Crippen LogP contribution >= 0.6 is 0 Å². The number of ether oxygens (including phenoxy) is 3. The van der Waals surface area contributed by atoms with Crippen molar-refractivity contribution in [3.8, 4) is 5.75 Å². The van der Waals surface area contributed by atoms with Crippen LogP contribution in [0.2, 0.25) is 0 Å².